The van der Waals surface area contributed by atoms with Crippen molar-refractivity contribution in [2.45, 2.75) is 17.1 Å². The summed E-state index contributed by atoms with van der Waals surface area (Å²) in [5.74, 6) is -0.348. The zero-order valence-electron chi connectivity index (χ0n) is 15.5. The average Bonchev–Trinajstić information content (AvgIpc) is 3.14. The number of benzene rings is 2. The first-order chi connectivity index (χ1) is 14.3. The van der Waals surface area contributed by atoms with Crippen LogP contribution < -0.4 is 5.56 Å². The summed E-state index contributed by atoms with van der Waals surface area (Å²) in [4.78, 5) is 18.0. The van der Waals surface area contributed by atoms with Crippen LogP contribution in [-0.2, 0) is 19.0 Å². The van der Waals surface area contributed by atoms with Gasteiger partial charge in [-0.3, -0.25) is 9.36 Å². The van der Waals surface area contributed by atoms with E-state index in [9.17, 15) is 22.4 Å². The first-order valence-electron chi connectivity index (χ1n) is 8.78. The smallest absolute Gasteiger partial charge is 0.290 e. The van der Waals surface area contributed by atoms with Crippen LogP contribution in [0, 0.1) is 5.82 Å². The van der Waals surface area contributed by atoms with Gasteiger partial charge < -0.3 is 0 Å². The first kappa shape index (κ1) is 20.6. The summed E-state index contributed by atoms with van der Waals surface area (Å²) in [6.07, 6.45) is -4.45. The molecule has 0 bridgehead atoms. The lowest BCUT2D eigenvalue weighted by molar-refractivity contribution is -0.138. The van der Waals surface area contributed by atoms with E-state index in [0.717, 1.165) is 17.8 Å². The molecule has 0 aliphatic rings. The molecule has 0 aliphatic heterocycles. The van der Waals surface area contributed by atoms with Crippen molar-refractivity contribution in [1.29, 1.82) is 0 Å². The van der Waals surface area contributed by atoms with Crippen molar-refractivity contribution in [1.82, 2.24) is 9.55 Å². The van der Waals surface area contributed by atoms with Crippen LogP contribution in [0.25, 0.3) is 21.3 Å². The monoisotopic (exact) mass is 450 g/mol. The quantitative estimate of drug-likeness (QED) is 0.214. The maximum absolute atomic E-state index is 13.2. The summed E-state index contributed by atoms with van der Waals surface area (Å²) in [6.45, 7) is 0. The summed E-state index contributed by atoms with van der Waals surface area (Å²) in [6, 6.07) is 11.2. The molecule has 0 spiro atoms. The van der Waals surface area contributed by atoms with Crippen LogP contribution in [-0.4, -0.2) is 9.55 Å². The largest absolute Gasteiger partial charge is 0.416 e. The number of fused-ring (bicyclic) bond motifs is 1. The maximum Gasteiger partial charge on any atom is 0.416 e. The molecule has 2 aromatic carbocycles. The first-order valence-corrected chi connectivity index (χ1v) is 10.6. The molecule has 0 amide bonds. The van der Waals surface area contributed by atoms with Crippen molar-refractivity contribution in [3.05, 3.63) is 81.2 Å². The highest BCUT2D eigenvalue weighted by Crippen LogP contribution is 2.35. The van der Waals surface area contributed by atoms with Gasteiger partial charge in [0.25, 0.3) is 5.56 Å². The highest BCUT2D eigenvalue weighted by Gasteiger charge is 2.32. The van der Waals surface area contributed by atoms with Crippen molar-refractivity contribution in [2.24, 2.45) is 7.05 Å². The zero-order valence-corrected chi connectivity index (χ0v) is 17.2. The van der Waals surface area contributed by atoms with E-state index in [2.05, 4.69) is 4.98 Å². The molecule has 0 aliphatic carbocycles. The Labute approximate surface area is 177 Å². The highest BCUT2D eigenvalue weighted by atomic mass is 32.2. The van der Waals surface area contributed by atoms with Crippen LogP contribution in [0.3, 0.4) is 0 Å². The third-order valence-corrected chi connectivity index (χ3v) is 6.56. The zero-order chi connectivity index (χ0) is 21.5. The minimum atomic E-state index is -4.45. The van der Waals surface area contributed by atoms with E-state index in [1.807, 2.05) is 0 Å². The molecule has 0 unspecified atom stereocenters. The summed E-state index contributed by atoms with van der Waals surface area (Å²) < 4.78 is 54.2. The highest BCUT2D eigenvalue weighted by molar-refractivity contribution is 7.98. The van der Waals surface area contributed by atoms with Gasteiger partial charge in [-0.25, -0.2) is 9.37 Å². The molecule has 0 radical (unpaired) electrons. The van der Waals surface area contributed by atoms with Crippen molar-refractivity contribution in [3.63, 3.8) is 0 Å². The van der Waals surface area contributed by atoms with Gasteiger partial charge in [0, 0.05) is 23.7 Å². The molecule has 154 valence electrons. The Morgan fingerprint density at radius 2 is 1.80 bits per heavy atom. The Hall–Kier alpha value is -2.65. The molecule has 0 saturated carbocycles. The molecule has 4 rings (SSSR count). The van der Waals surface area contributed by atoms with Gasteiger partial charge in [-0.15, -0.1) is 11.3 Å². The predicted molar refractivity (Wildman–Crippen MR) is 111 cm³/mol. The second kappa shape index (κ2) is 7.88. The van der Waals surface area contributed by atoms with Gasteiger partial charge in [0.05, 0.1) is 10.9 Å². The molecular formula is C21H14F4N2OS2. The van der Waals surface area contributed by atoms with Gasteiger partial charge in [0.2, 0.25) is 0 Å². The van der Waals surface area contributed by atoms with Gasteiger partial charge >= 0.3 is 6.18 Å². The topological polar surface area (TPSA) is 34.9 Å². The SMILES string of the molecule is Cn1c(SCc2ccccc2C(F)(F)F)nc2scc(-c3ccc(F)cc3)c2c1=O. The number of hydrogen-bond donors (Lipinski definition) is 0. The van der Waals surface area contributed by atoms with E-state index >= 15 is 0 Å². The Bertz CT molecular complexity index is 1280. The van der Waals surface area contributed by atoms with Crippen LogP contribution in [0.15, 0.2) is 63.9 Å². The summed E-state index contributed by atoms with van der Waals surface area (Å²) in [7, 11) is 1.54. The van der Waals surface area contributed by atoms with Gasteiger partial charge in [-0.05, 0) is 29.3 Å². The van der Waals surface area contributed by atoms with Crippen LogP contribution in [0.1, 0.15) is 11.1 Å². The molecule has 3 nitrogen and oxygen atoms in total. The van der Waals surface area contributed by atoms with E-state index in [4.69, 9.17) is 0 Å². The van der Waals surface area contributed by atoms with Crippen molar-refractivity contribution in [3.8, 4) is 11.1 Å². The van der Waals surface area contributed by atoms with Gasteiger partial charge in [-0.2, -0.15) is 13.2 Å². The minimum absolute atomic E-state index is 0.0255. The van der Waals surface area contributed by atoms with Gasteiger partial charge in [0.15, 0.2) is 5.16 Å². The van der Waals surface area contributed by atoms with E-state index in [1.165, 1.54) is 40.2 Å². The molecule has 9 heteroatoms. The van der Waals surface area contributed by atoms with Crippen LogP contribution in [0.5, 0.6) is 0 Å². The Kier molecular flexibility index (Phi) is 5.42. The molecule has 2 aromatic heterocycles. The predicted octanol–water partition coefficient (Wildman–Crippen LogP) is 6.11. The number of aromatic nitrogens is 2. The molecule has 0 saturated heterocycles. The second-order valence-corrected chi connectivity index (χ2v) is 8.34. The van der Waals surface area contributed by atoms with Crippen molar-refractivity contribution in [2.75, 3.05) is 0 Å². The lowest BCUT2D eigenvalue weighted by Gasteiger charge is -2.13. The fourth-order valence-electron chi connectivity index (χ4n) is 3.09. The fourth-order valence-corrected chi connectivity index (χ4v) is 5.05. The number of nitrogens with zero attached hydrogens (tertiary/aromatic N) is 2. The third-order valence-electron chi connectivity index (χ3n) is 4.61. The Balaban J connectivity index is 1.70. The molecule has 30 heavy (non-hydrogen) atoms. The maximum atomic E-state index is 13.2. The molecule has 0 fully saturated rings. The van der Waals surface area contributed by atoms with E-state index in [1.54, 1.807) is 30.6 Å². The third kappa shape index (κ3) is 3.87. The van der Waals surface area contributed by atoms with Crippen LogP contribution >= 0.6 is 23.1 Å². The summed E-state index contributed by atoms with van der Waals surface area (Å²) in [5.41, 5.74) is 0.483. The Morgan fingerprint density at radius 3 is 2.50 bits per heavy atom. The van der Waals surface area contributed by atoms with Gasteiger partial charge in [0.1, 0.15) is 10.6 Å². The number of thioether (sulfide) groups is 1. The lowest BCUT2D eigenvalue weighted by Crippen LogP contribution is -2.19. The fraction of sp³-hybridized carbons (Fsp3) is 0.143. The van der Waals surface area contributed by atoms with Crippen molar-refractivity contribution >= 4 is 33.3 Å². The standard InChI is InChI=1S/C21H14F4N2OS2/c1-27-19(28)17-15(12-6-8-14(22)9-7-12)11-29-18(17)26-20(27)30-10-13-4-2-3-5-16(13)21(23,24)25/h2-9,11H,10H2,1H3. The van der Waals surface area contributed by atoms with Crippen LogP contribution in [0.4, 0.5) is 17.6 Å². The molecule has 0 N–H and O–H groups in total. The number of rotatable bonds is 4. The van der Waals surface area contributed by atoms with Crippen molar-refractivity contribution < 1.29 is 17.6 Å². The Morgan fingerprint density at radius 1 is 1.10 bits per heavy atom. The molecule has 0 atom stereocenters. The normalized spacial score (nSPS) is 11.9. The summed E-state index contributed by atoms with van der Waals surface area (Å²) in [5, 5.41) is 2.52. The van der Waals surface area contributed by atoms with Crippen LogP contribution in [0.2, 0.25) is 0 Å². The minimum Gasteiger partial charge on any atom is -0.290 e. The molecule has 4 aromatic rings. The number of hydrogen-bond acceptors (Lipinski definition) is 4. The van der Waals surface area contributed by atoms with E-state index in [0.29, 0.717) is 26.5 Å². The number of alkyl halides is 3. The average molecular weight is 450 g/mol. The van der Waals surface area contributed by atoms with E-state index in [-0.39, 0.29) is 22.7 Å². The summed E-state index contributed by atoms with van der Waals surface area (Å²) >= 11 is 2.34. The van der Waals surface area contributed by atoms with E-state index < -0.39 is 11.7 Å². The second-order valence-electron chi connectivity index (χ2n) is 6.54. The van der Waals surface area contributed by atoms with Gasteiger partial charge in [-0.1, -0.05) is 42.1 Å². The lowest BCUT2D eigenvalue weighted by atomic mass is 10.1. The molecular weight excluding hydrogens is 436 g/mol. The molecule has 2 heterocycles. The number of halogens is 4. The number of thiophene rings is 1.